The zero-order valence-corrected chi connectivity index (χ0v) is 17.7. The molecule has 2 aromatic carbocycles. The molecule has 2 aromatic heterocycles. The number of anilines is 1. The first-order valence-corrected chi connectivity index (χ1v) is 10.7. The monoisotopic (exact) mass is 414 g/mol. The van der Waals surface area contributed by atoms with E-state index in [4.69, 9.17) is 0 Å². The van der Waals surface area contributed by atoms with Gasteiger partial charge in [-0.25, -0.2) is 0 Å². The fourth-order valence-corrected chi connectivity index (χ4v) is 4.37. The molecular weight excluding hydrogens is 388 g/mol. The summed E-state index contributed by atoms with van der Waals surface area (Å²) in [6, 6.07) is 16.5. The molecule has 7 heteroatoms. The largest absolute Gasteiger partial charge is 0.367 e. The summed E-state index contributed by atoms with van der Waals surface area (Å²) >= 11 is 0. The number of rotatable bonds is 4. The molecule has 5 rings (SSSR count). The minimum absolute atomic E-state index is 0.0200. The number of nitrogens with zero attached hydrogens (tertiary/aromatic N) is 4. The van der Waals surface area contributed by atoms with Gasteiger partial charge in [-0.15, -0.1) is 0 Å². The lowest BCUT2D eigenvalue weighted by Gasteiger charge is -2.38. The third-order valence-corrected chi connectivity index (χ3v) is 6.05. The Labute approximate surface area is 181 Å². The quantitative estimate of drug-likeness (QED) is 0.526. The van der Waals surface area contributed by atoms with Crippen LogP contribution in [0.15, 0.2) is 60.9 Å². The Morgan fingerprint density at radius 1 is 1.10 bits per heavy atom. The van der Waals surface area contributed by atoms with Crippen LogP contribution < -0.4 is 5.32 Å². The molecule has 7 nitrogen and oxygen atoms in total. The number of aryl methyl sites for hydroxylation is 1. The molecule has 0 bridgehead atoms. The summed E-state index contributed by atoms with van der Waals surface area (Å²) in [6.45, 7) is 4.77. The van der Waals surface area contributed by atoms with E-state index in [9.17, 15) is 4.79 Å². The lowest BCUT2D eigenvalue weighted by Crippen LogP contribution is -2.50. The Bertz CT molecular complexity index is 1180. The molecule has 4 aromatic rings. The topological polar surface area (TPSA) is 78.8 Å². The van der Waals surface area contributed by atoms with Crippen molar-refractivity contribution in [2.45, 2.75) is 38.8 Å². The van der Waals surface area contributed by atoms with Crippen molar-refractivity contribution < 1.29 is 4.79 Å². The first-order chi connectivity index (χ1) is 15.1. The third kappa shape index (κ3) is 3.79. The number of hydrogen-bond acceptors (Lipinski definition) is 4. The van der Waals surface area contributed by atoms with Crippen molar-refractivity contribution in [1.82, 2.24) is 24.9 Å². The normalized spacial score (nSPS) is 19.0. The number of H-pyrrole nitrogens is 1. The van der Waals surface area contributed by atoms with Crippen LogP contribution >= 0.6 is 0 Å². The SMILES string of the molecule is Cc1ccc(-n2nccn2)c(C(=O)N2CC(Nc3cc4ccccc4[nH]3)CCC2C)c1. The average molecular weight is 415 g/mol. The van der Waals surface area contributed by atoms with Gasteiger partial charge in [-0.05, 0) is 51.0 Å². The number of likely N-dealkylation sites (tertiary alicyclic amines) is 1. The summed E-state index contributed by atoms with van der Waals surface area (Å²) in [4.78, 5) is 20.6. The highest BCUT2D eigenvalue weighted by Gasteiger charge is 2.31. The summed E-state index contributed by atoms with van der Waals surface area (Å²) < 4.78 is 0. The molecule has 2 unspecified atom stereocenters. The molecule has 0 aliphatic carbocycles. The van der Waals surface area contributed by atoms with Crippen molar-refractivity contribution in [2.24, 2.45) is 0 Å². The predicted octanol–water partition coefficient (Wildman–Crippen LogP) is 4.16. The number of carbonyl (C=O) groups excluding carboxylic acids is 1. The fraction of sp³-hybridized carbons (Fsp3) is 0.292. The number of aromatic nitrogens is 4. The minimum Gasteiger partial charge on any atom is -0.367 e. The molecule has 3 heterocycles. The Morgan fingerprint density at radius 2 is 1.90 bits per heavy atom. The van der Waals surface area contributed by atoms with Gasteiger partial charge in [-0.2, -0.15) is 15.0 Å². The Kier molecular flexibility index (Phi) is 4.94. The van der Waals surface area contributed by atoms with Crippen molar-refractivity contribution in [3.63, 3.8) is 0 Å². The summed E-state index contributed by atoms with van der Waals surface area (Å²) in [6.07, 6.45) is 5.21. The van der Waals surface area contributed by atoms with E-state index in [-0.39, 0.29) is 18.0 Å². The van der Waals surface area contributed by atoms with Crippen LogP contribution in [0.3, 0.4) is 0 Å². The molecular formula is C24H26N6O. The number of fused-ring (bicyclic) bond motifs is 1. The maximum absolute atomic E-state index is 13.6. The van der Waals surface area contributed by atoms with Gasteiger partial charge in [0.1, 0.15) is 5.82 Å². The smallest absolute Gasteiger partial charge is 0.256 e. The van der Waals surface area contributed by atoms with Gasteiger partial charge in [0.15, 0.2) is 0 Å². The van der Waals surface area contributed by atoms with E-state index in [0.717, 1.165) is 29.7 Å². The van der Waals surface area contributed by atoms with Gasteiger partial charge in [0.05, 0.1) is 23.6 Å². The van der Waals surface area contributed by atoms with E-state index < -0.39 is 0 Å². The van der Waals surface area contributed by atoms with Gasteiger partial charge in [0, 0.05) is 29.5 Å². The van der Waals surface area contributed by atoms with Crippen molar-refractivity contribution in [2.75, 3.05) is 11.9 Å². The van der Waals surface area contributed by atoms with Gasteiger partial charge in [0.2, 0.25) is 0 Å². The number of carbonyl (C=O) groups is 1. The Morgan fingerprint density at radius 3 is 2.71 bits per heavy atom. The number of aromatic amines is 1. The lowest BCUT2D eigenvalue weighted by molar-refractivity contribution is 0.0621. The lowest BCUT2D eigenvalue weighted by atomic mass is 9.97. The summed E-state index contributed by atoms with van der Waals surface area (Å²) in [5, 5.41) is 13.2. The van der Waals surface area contributed by atoms with Gasteiger partial charge in [0.25, 0.3) is 5.91 Å². The van der Waals surface area contributed by atoms with E-state index in [0.29, 0.717) is 17.8 Å². The highest BCUT2D eigenvalue weighted by Crippen LogP contribution is 2.26. The van der Waals surface area contributed by atoms with Gasteiger partial charge in [-0.3, -0.25) is 4.79 Å². The van der Waals surface area contributed by atoms with E-state index in [2.05, 4.69) is 45.6 Å². The second kappa shape index (κ2) is 7.91. The highest BCUT2D eigenvalue weighted by molar-refractivity contribution is 5.98. The number of para-hydroxylation sites is 1. The summed E-state index contributed by atoms with van der Waals surface area (Å²) in [5.41, 5.74) is 3.49. The van der Waals surface area contributed by atoms with Crippen molar-refractivity contribution >= 4 is 22.6 Å². The molecule has 2 N–H and O–H groups in total. The maximum Gasteiger partial charge on any atom is 0.256 e. The Balaban J connectivity index is 1.39. The van der Waals surface area contributed by atoms with Crippen molar-refractivity contribution in [1.29, 1.82) is 0 Å². The average Bonchev–Trinajstić information content (AvgIpc) is 3.44. The third-order valence-electron chi connectivity index (χ3n) is 6.05. The number of nitrogens with one attached hydrogen (secondary N) is 2. The summed E-state index contributed by atoms with van der Waals surface area (Å²) in [7, 11) is 0. The Hall–Kier alpha value is -3.61. The first-order valence-electron chi connectivity index (χ1n) is 10.7. The second-order valence-electron chi connectivity index (χ2n) is 8.33. The van der Waals surface area contributed by atoms with Crippen molar-refractivity contribution in [3.8, 4) is 5.69 Å². The van der Waals surface area contributed by atoms with Crippen LogP contribution in [0.2, 0.25) is 0 Å². The van der Waals surface area contributed by atoms with E-state index >= 15 is 0 Å². The van der Waals surface area contributed by atoms with Crippen LogP contribution in [-0.2, 0) is 0 Å². The van der Waals surface area contributed by atoms with E-state index in [1.165, 1.54) is 10.2 Å². The van der Waals surface area contributed by atoms with Crippen LogP contribution in [-0.4, -0.2) is 49.4 Å². The van der Waals surface area contributed by atoms with Gasteiger partial charge >= 0.3 is 0 Å². The number of amides is 1. The maximum atomic E-state index is 13.6. The molecule has 1 fully saturated rings. The molecule has 1 amide bonds. The number of benzene rings is 2. The standard InChI is InChI=1S/C24H26N6O/c1-16-7-10-22(30-25-11-12-26-30)20(13-16)24(31)29-15-19(9-8-17(29)2)27-23-14-18-5-3-4-6-21(18)28-23/h3-7,10-14,17,19,27-28H,8-9,15H2,1-2H3. The highest BCUT2D eigenvalue weighted by atomic mass is 16.2. The molecule has 1 saturated heterocycles. The molecule has 0 saturated carbocycles. The molecule has 1 aliphatic heterocycles. The van der Waals surface area contributed by atoms with Gasteiger partial charge in [-0.1, -0.05) is 29.8 Å². The predicted molar refractivity (Wildman–Crippen MR) is 122 cm³/mol. The summed E-state index contributed by atoms with van der Waals surface area (Å²) in [5.74, 6) is 1.01. The zero-order chi connectivity index (χ0) is 21.4. The fourth-order valence-electron chi connectivity index (χ4n) is 4.37. The van der Waals surface area contributed by atoms with Crippen molar-refractivity contribution in [3.05, 3.63) is 72.1 Å². The first kappa shape index (κ1) is 19.4. The molecule has 31 heavy (non-hydrogen) atoms. The molecule has 0 spiro atoms. The van der Waals surface area contributed by atoms with Crippen LogP contribution in [0.25, 0.3) is 16.6 Å². The molecule has 0 radical (unpaired) electrons. The van der Waals surface area contributed by atoms with Crippen LogP contribution in [0, 0.1) is 6.92 Å². The number of hydrogen-bond donors (Lipinski definition) is 2. The number of piperidine rings is 1. The second-order valence-corrected chi connectivity index (χ2v) is 8.33. The van der Waals surface area contributed by atoms with E-state index in [1.54, 1.807) is 12.4 Å². The van der Waals surface area contributed by atoms with Gasteiger partial charge < -0.3 is 15.2 Å². The van der Waals surface area contributed by atoms with Crippen LogP contribution in [0.1, 0.15) is 35.7 Å². The molecule has 1 aliphatic rings. The molecule has 2 atom stereocenters. The minimum atomic E-state index is 0.0200. The zero-order valence-electron chi connectivity index (χ0n) is 17.7. The molecule has 158 valence electrons. The van der Waals surface area contributed by atoms with Crippen LogP contribution in [0.5, 0.6) is 0 Å². The van der Waals surface area contributed by atoms with E-state index in [1.807, 2.05) is 42.2 Å². The van der Waals surface area contributed by atoms with Crippen LogP contribution in [0.4, 0.5) is 5.82 Å².